The molecular weight excluding hydrogens is 244 g/mol. The molecule has 1 rings (SSSR count). The summed E-state index contributed by atoms with van der Waals surface area (Å²) >= 11 is 0. The number of hydrogen-bond donors (Lipinski definition) is 2. The molecule has 5 heteroatoms. The van der Waals surface area contributed by atoms with E-state index in [4.69, 9.17) is 9.84 Å². The third kappa shape index (κ3) is 5.28. The molecule has 106 valence electrons. The molecule has 0 amide bonds. The third-order valence-electron chi connectivity index (χ3n) is 2.96. The van der Waals surface area contributed by atoms with Crippen LogP contribution in [0.3, 0.4) is 0 Å². The van der Waals surface area contributed by atoms with E-state index < -0.39 is 5.97 Å². The zero-order valence-corrected chi connectivity index (χ0v) is 11.8. The first kappa shape index (κ1) is 15.5. The van der Waals surface area contributed by atoms with Crippen LogP contribution in [0.5, 0.6) is 0 Å². The fourth-order valence-corrected chi connectivity index (χ4v) is 1.74. The molecule has 0 bridgehead atoms. The third-order valence-corrected chi connectivity index (χ3v) is 2.96. The summed E-state index contributed by atoms with van der Waals surface area (Å²) in [6.07, 6.45) is 0. The van der Waals surface area contributed by atoms with Crippen LogP contribution in [-0.4, -0.2) is 56.4 Å². The minimum Gasteiger partial charge on any atom is -0.478 e. The molecule has 0 aliphatic heterocycles. The Balaban J connectivity index is 2.43. The molecule has 0 unspecified atom stereocenters. The number of ether oxygens (including phenoxy) is 1. The lowest BCUT2D eigenvalue weighted by molar-refractivity contribution is 0.0697. The number of carboxylic acid groups (broad SMARTS) is 1. The maximum atomic E-state index is 10.8. The van der Waals surface area contributed by atoms with E-state index in [9.17, 15) is 4.79 Å². The van der Waals surface area contributed by atoms with Gasteiger partial charge in [-0.15, -0.1) is 0 Å². The van der Waals surface area contributed by atoms with Gasteiger partial charge in [0.05, 0.1) is 12.2 Å². The van der Waals surface area contributed by atoms with Crippen molar-refractivity contribution in [3.63, 3.8) is 0 Å². The molecule has 0 aromatic heterocycles. The van der Waals surface area contributed by atoms with Crippen molar-refractivity contribution in [3.8, 4) is 0 Å². The van der Waals surface area contributed by atoms with Crippen LogP contribution in [0.15, 0.2) is 18.2 Å². The van der Waals surface area contributed by atoms with E-state index in [1.165, 1.54) is 0 Å². The molecule has 0 radical (unpaired) electrons. The van der Waals surface area contributed by atoms with E-state index in [1.807, 2.05) is 20.0 Å². The number of carbonyl (C=O) groups is 1. The number of methoxy groups -OCH3 is 1. The van der Waals surface area contributed by atoms with Crippen LogP contribution >= 0.6 is 0 Å². The zero-order valence-electron chi connectivity index (χ0n) is 11.8. The van der Waals surface area contributed by atoms with Gasteiger partial charge < -0.3 is 20.1 Å². The van der Waals surface area contributed by atoms with E-state index in [2.05, 4.69) is 10.2 Å². The van der Waals surface area contributed by atoms with Crippen LogP contribution in [0, 0.1) is 6.92 Å². The molecule has 1 aromatic carbocycles. The number of nitrogens with one attached hydrogen (secondary N) is 1. The second kappa shape index (κ2) is 7.76. The van der Waals surface area contributed by atoms with Crippen molar-refractivity contribution >= 4 is 11.7 Å². The molecule has 0 spiro atoms. The molecule has 19 heavy (non-hydrogen) atoms. The fourth-order valence-electron chi connectivity index (χ4n) is 1.74. The number of rotatable bonds is 8. The number of nitrogens with zero attached hydrogens (tertiary/aromatic N) is 1. The summed E-state index contributed by atoms with van der Waals surface area (Å²) in [4.78, 5) is 13.0. The minimum atomic E-state index is -0.894. The van der Waals surface area contributed by atoms with Gasteiger partial charge in [0.25, 0.3) is 0 Å². The van der Waals surface area contributed by atoms with E-state index >= 15 is 0 Å². The van der Waals surface area contributed by atoms with Gasteiger partial charge in [0.1, 0.15) is 0 Å². The van der Waals surface area contributed by atoms with Crippen molar-refractivity contribution in [3.05, 3.63) is 29.3 Å². The number of aromatic carboxylic acids is 1. The summed E-state index contributed by atoms with van der Waals surface area (Å²) < 4.78 is 5.01. The highest BCUT2D eigenvalue weighted by molar-refractivity contribution is 5.88. The number of hydrogen-bond acceptors (Lipinski definition) is 4. The van der Waals surface area contributed by atoms with E-state index in [-0.39, 0.29) is 0 Å². The molecule has 1 aromatic rings. The Morgan fingerprint density at radius 2 is 2.16 bits per heavy atom. The Morgan fingerprint density at radius 1 is 1.42 bits per heavy atom. The van der Waals surface area contributed by atoms with Crippen molar-refractivity contribution in [2.24, 2.45) is 0 Å². The molecule has 0 aliphatic rings. The van der Waals surface area contributed by atoms with Gasteiger partial charge in [0, 0.05) is 32.4 Å². The lowest BCUT2D eigenvalue weighted by atomic mass is 10.1. The van der Waals surface area contributed by atoms with E-state index in [0.29, 0.717) is 5.56 Å². The molecule has 5 nitrogen and oxygen atoms in total. The van der Waals surface area contributed by atoms with Gasteiger partial charge in [-0.25, -0.2) is 4.79 Å². The van der Waals surface area contributed by atoms with Crippen molar-refractivity contribution in [2.75, 3.05) is 45.7 Å². The van der Waals surface area contributed by atoms with Gasteiger partial charge in [-0.05, 0) is 37.7 Å². The predicted octanol–water partition coefficient (Wildman–Crippen LogP) is 1.68. The van der Waals surface area contributed by atoms with Crippen molar-refractivity contribution in [1.82, 2.24) is 4.90 Å². The quantitative estimate of drug-likeness (QED) is 0.749. The number of aryl methyl sites for hydroxylation is 1. The van der Waals surface area contributed by atoms with Gasteiger partial charge in [0.15, 0.2) is 0 Å². The number of anilines is 1. The number of carboxylic acids is 1. The lowest BCUT2D eigenvalue weighted by Gasteiger charge is -2.17. The standard InChI is InChI=1S/C14H22N2O3/c1-11-10-12(14(17)18)4-5-13(11)15-6-7-16(2)8-9-19-3/h4-5,10,15H,6-9H2,1-3H3,(H,17,18). The van der Waals surface area contributed by atoms with Crippen LogP contribution in [0.4, 0.5) is 5.69 Å². The van der Waals surface area contributed by atoms with Crippen LogP contribution in [0.1, 0.15) is 15.9 Å². The maximum Gasteiger partial charge on any atom is 0.335 e. The average Bonchev–Trinajstić information content (AvgIpc) is 2.38. The second-order valence-electron chi connectivity index (χ2n) is 4.56. The number of benzene rings is 1. The molecule has 0 fully saturated rings. The van der Waals surface area contributed by atoms with Gasteiger partial charge in [-0.2, -0.15) is 0 Å². The molecule has 0 saturated heterocycles. The van der Waals surface area contributed by atoms with Crippen LogP contribution in [0.2, 0.25) is 0 Å². The second-order valence-corrected chi connectivity index (χ2v) is 4.56. The molecule has 0 atom stereocenters. The minimum absolute atomic E-state index is 0.320. The highest BCUT2D eigenvalue weighted by atomic mass is 16.5. The topological polar surface area (TPSA) is 61.8 Å². The molecule has 0 heterocycles. The summed E-state index contributed by atoms with van der Waals surface area (Å²) in [6.45, 7) is 5.25. The highest BCUT2D eigenvalue weighted by Crippen LogP contribution is 2.16. The van der Waals surface area contributed by atoms with Crippen LogP contribution < -0.4 is 5.32 Å². The monoisotopic (exact) mass is 266 g/mol. The summed E-state index contributed by atoms with van der Waals surface area (Å²) in [7, 11) is 3.74. The largest absolute Gasteiger partial charge is 0.478 e. The van der Waals surface area contributed by atoms with E-state index in [0.717, 1.165) is 37.5 Å². The normalized spacial score (nSPS) is 10.7. The Morgan fingerprint density at radius 3 is 2.74 bits per heavy atom. The first-order chi connectivity index (χ1) is 9.04. The fraction of sp³-hybridized carbons (Fsp3) is 0.500. The summed E-state index contributed by atoms with van der Waals surface area (Å²) in [5, 5.41) is 12.2. The maximum absolute atomic E-state index is 10.8. The van der Waals surface area contributed by atoms with Crippen LogP contribution in [0.25, 0.3) is 0 Å². The predicted molar refractivity (Wildman–Crippen MR) is 76.0 cm³/mol. The Bertz CT molecular complexity index is 421. The van der Waals surface area contributed by atoms with E-state index in [1.54, 1.807) is 19.2 Å². The van der Waals surface area contributed by atoms with Gasteiger partial charge in [0.2, 0.25) is 0 Å². The van der Waals surface area contributed by atoms with Crippen molar-refractivity contribution in [1.29, 1.82) is 0 Å². The lowest BCUT2D eigenvalue weighted by Crippen LogP contribution is -2.28. The smallest absolute Gasteiger partial charge is 0.335 e. The molecule has 0 aliphatic carbocycles. The summed E-state index contributed by atoms with van der Waals surface area (Å²) in [5.41, 5.74) is 2.24. The Kier molecular flexibility index (Phi) is 6.32. The molecule has 2 N–H and O–H groups in total. The highest BCUT2D eigenvalue weighted by Gasteiger charge is 2.05. The molecular formula is C14H22N2O3. The average molecular weight is 266 g/mol. The van der Waals surface area contributed by atoms with Gasteiger partial charge in [-0.3, -0.25) is 0 Å². The molecule has 0 saturated carbocycles. The Labute approximate surface area is 114 Å². The SMILES string of the molecule is COCCN(C)CCNc1ccc(C(=O)O)cc1C. The first-order valence-electron chi connectivity index (χ1n) is 6.30. The number of likely N-dealkylation sites (N-methyl/N-ethyl adjacent to an activating group) is 1. The van der Waals surface area contributed by atoms with Gasteiger partial charge >= 0.3 is 5.97 Å². The Hall–Kier alpha value is -1.59. The van der Waals surface area contributed by atoms with Crippen molar-refractivity contribution in [2.45, 2.75) is 6.92 Å². The summed E-state index contributed by atoms with van der Waals surface area (Å²) in [6, 6.07) is 5.11. The first-order valence-corrected chi connectivity index (χ1v) is 6.30. The van der Waals surface area contributed by atoms with Crippen LogP contribution in [-0.2, 0) is 4.74 Å². The zero-order chi connectivity index (χ0) is 14.3. The summed E-state index contributed by atoms with van der Waals surface area (Å²) in [5.74, 6) is -0.894. The van der Waals surface area contributed by atoms with Gasteiger partial charge in [-0.1, -0.05) is 0 Å². The van der Waals surface area contributed by atoms with Crippen molar-refractivity contribution < 1.29 is 14.6 Å².